The first-order chi connectivity index (χ1) is 11.1. The van der Waals surface area contributed by atoms with Crippen molar-refractivity contribution in [2.75, 3.05) is 13.7 Å². The van der Waals surface area contributed by atoms with Gasteiger partial charge in [0.2, 0.25) is 0 Å². The number of hydrogen-bond acceptors (Lipinski definition) is 3. The van der Waals surface area contributed by atoms with Crippen molar-refractivity contribution in [3.8, 4) is 5.75 Å². The van der Waals surface area contributed by atoms with Crippen LogP contribution in [0, 0.1) is 5.92 Å². The van der Waals surface area contributed by atoms with Crippen molar-refractivity contribution >= 4 is 36.6 Å². The number of halogens is 1. The molecule has 0 radical (unpaired) electrons. The third kappa shape index (κ3) is 5.35. The van der Waals surface area contributed by atoms with Gasteiger partial charge in [0, 0.05) is 10.6 Å². The predicted molar refractivity (Wildman–Crippen MR) is 97.9 cm³/mol. The zero-order valence-corrected chi connectivity index (χ0v) is 16.1. The summed E-state index contributed by atoms with van der Waals surface area (Å²) in [6.07, 6.45) is 0.759. The van der Waals surface area contributed by atoms with Crippen LogP contribution >= 0.6 is 19.7 Å². The van der Waals surface area contributed by atoms with Crippen LogP contribution in [0.3, 0.4) is 0 Å². The van der Waals surface area contributed by atoms with Gasteiger partial charge in [-0.2, -0.15) is 0 Å². The smallest absolute Gasteiger partial charge is 1.00 e. The predicted octanol–water partition coefficient (Wildman–Crippen LogP) is 1.30. The molecule has 0 amide bonds. The van der Waals surface area contributed by atoms with Gasteiger partial charge in [0.05, 0.1) is 32.5 Å². The van der Waals surface area contributed by atoms with Crippen LogP contribution < -0.4 is 34.2 Å². The summed E-state index contributed by atoms with van der Waals surface area (Å²) in [5.74, 6) is 0.820. The summed E-state index contributed by atoms with van der Waals surface area (Å²) < 4.78 is 11.4. The van der Waals surface area contributed by atoms with Gasteiger partial charge in [-0.25, -0.2) is 0 Å². The molecule has 2 rings (SSSR count). The Bertz CT molecular complexity index is 671. The number of ether oxygens (including phenoxy) is 1. The molecule has 24 heavy (non-hydrogen) atoms. The molecule has 0 bridgehead atoms. The molecule has 0 spiro atoms. The van der Waals surface area contributed by atoms with E-state index >= 15 is 0 Å². The number of carbonyl (C=O) groups excluding carboxylic acids is 1. The number of carbonyl (C=O) groups is 1. The van der Waals surface area contributed by atoms with Gasteiger partial charge in [-0.1, -0.05) is 55.8 Å². The second-order valence-corrected chi connectivity index (χ2v) is 7.77. The maximum absolute atomic E-state index is 11.3. The van der Waals surface area contributed by atoms with Crippen LogP contribution in [0.4, 0.5) is 0 Å². The molecule has 0 aliphatic heterocycles. The summed E-state index contributed by atoms with van der Waals surface area (Å²) in [5.41, 5.74) is 0.437. The van der Waals surface area contributed by atoms with E-state index in [1.54, 1.807) is 6.07 Å². The van der Waals surface area contributed by atoms with Gasteiger partial charge in [-0.05, 0) is 18.1 Å². The summed E-state index contributed by atoms with van der Waals surface area (Å²) in [6, 6.07) is 13.6. The Kier molecular flexibility index (Phi) is 9.06. The fourth-order valence-electron chi connectivity index (χ4n) is 2.11. The van der Waals surface area contributed by atoms with Crippen molar-refractivity contribution < 1.29 is 34.3 Å². The van der Waals surface area contributed by atoms with E-state index in [4.69, 9.17) is 20.9 Å². The summed E-state index contributed by atoms with van der Waals surface area (Å²) in [7, 11) is 0.465. The fraction of sp³-hybridized carbons (Fsp3) is 0.278. The molecule has 1 unspecified atom stereocenters. The number of hydrogen-bond donors (Lipinski definition) is 0. The van der Waals surface area contributed by atoms with Crippen LogP contribution in [0.1, 0.15) is 25.6 Å². The quantitative estimate of drug-likeness (QED) is 0.425. The van der Waals surface area contributed by atoms with Gasteiger partial charge in [-0.15, -0.1) is 0 Å². The third-order valence-corrected chi connectivity index (χ3v) is 5.33. The Hall–Kier alpha value is -0.813. The Morgan fingerprint density at radius 2 is 1.88 bits per heavy atom. The number of aldehydes is 1. The van der Waals surface area contributed by atoms with Crippen LogP contribution in [-0.2, 0) is 4.52 Å². The van der Waals surface area contributed by atoms with Gasteiger partial charge in [0.25, 0.3) is 0 Å². The molecular weight excluding hydrogens is 338 g/mol. The van der Waals surface area contributed by atoms with Crippen molar-refractivity contribution in [1.82, 2.24) is 0 Å². The Balaban J connectivity index is 0.00000288. The van der Waals surface area contributed by atoms with Gasteiger partial charge in [0.15, 0.2) is 6.29 Å². The average molecular weight is 359 g/mol. The van der Waals surface area contributed by atoms with Crippen LogP contribution in [0.15, 0.2) is 42.5 Å². The fourth-order valence-corrected chi connectivity index (χ4v) is 4.47. The van der Waals surface area contributed by atoms with E-state index in [2.05, 4.69) is 13.8 Å². The van der Waals surface area contributed by atoms with Crippen molar-refractivity contribution in [3.63, 3.8) is 0 Å². The maximum atomic E-state index is 11.3. The minimum atomic E-state index is -1.04. The number of benzene rings is 2. The zero-order chi connectivity index (χ0) is 16.8. The molecule has 6 heteroatoms. The molecule has 0 saturated carbocycles. The average Bonchev–Trinajstić information content (AvgIpc) is 2.55. The van der Waals surface area contributed by atoms with Gasteiger partial charge >= 0.3 is 18.9 Å². The zero-order valence-electron chi connectivity index (χ0n) is 15.5. The molecule has 0 aromatic heterocycles. The minimum absolute atomic E-state index is 0. The molecule has 2 aromatic rings. The largest absolute Gasteiger partial charge is 1.00 e. The van der Waals surface area contributed by atoms with Crippen LogP contribution in [0.2, 0.25) is 5.02 Å². The molecule has 0 aliphatic rings. The first-order valence-corrected chi connectivity index (χ1v) is 9.01. The topological polar surface area (TPSA) is 35.5 Å². The van der Waals surface area contributed by atoms with E-state index in [9.17, 15) is 4.79 Å². The number of rotatable bonds is 7. The Labute approximate surface area is 163 Å². The summed E-state index contributed by atoms with van der Waals surface area (Å²) in [6.45, 7) is 4.85. The molecule has 0 fully saturated rings. The molecule has 3 nitrogen and oxygen atoms in total. The Morgan fingerprint density at radius 3 is 2.42 bits per heavy atom. The SMILES string of the molecule is COc1c(Cl)cc(P(OCC(C)C)c2ccccc2)cc1C=O.[H-].[Li+]. The van der Waals surface area contributed by atoms with E-state index in [1.165, 1.54) is 7.11 Å². The van der Waals surface area contributed by atoms with Crippen LogP contribution in [0.5, 0.6) is 5.75 Å². The standard InChI is InChI=1S/C18H20ClO3P.Li.H/c1-13(2)12-22-23(15-7-5-4-6-8-15)16-9-14(11-20)18(21-3)17(19)10-16;;/h4-11,13H,12H2,1-3H3;;/q;+1;-1. The maximum Gasteiger partial charge on any atom is 1.00 e. The molecule has 2 aromatic carbocycles. The minimum Gasteiger partial charge on any atom is -1.00 e. The molecule has 1 atom stereocenters. The number of methoxy groups -OCH3 is 1. The Morgan fingerprint density at radius 1 is 1.21 bits per heavy atom. The molecule has 0 heterocycles. The van der Waals surface area contributed by atoms with E-state index in [0.29, 0.717) is 28.9 Å². The van der Waals surface area contributed by atoms with E-state index in [0.717, 1.165) is 16.9 Å². The van der Waals surface area contributed by atoms with E-state index in [1.807, 2.05) is 36.4 Å². The van der Waals surface area contributed by atoms with Crippen molar-refractivity contribution in [1.29, 1.82) is 0 Å². The molecule has 124 valence electrons. The van der Waals surface area contributed by atoms with Crippen LogP contribution in [-0.4, -0.2) is 20.0 Å². The first kappa shape index (κ1) is 21.2. The molecule has 0 N–H and O–H groups in total. The van der Waals surface area contributed by atoms with Crippen LogP contribution in [0.25, 0.3) is 0 Å². The molecule has 0 aliphatic carbocycles. The normalized spacial score (nSPS) is 11.7. The monoisotopic (exact) mass is 358 g/mol. The molecule has 0 saturated heterocycles. The molecular formula is C18H21ClLiO3P. The van der Waals surface area contributed by atoms with Crippen molar-refractivity contribution in [2.45, 2.75) is 13.8 Å². The first-order valence-electron chi connectivity index (χ1n) is 7.37. The van der Waals surface area contributed by atoms with E-state index in [-0.39, 0.29) is 20.3 Å². The second-order valence-electron chi connectivity index (χ2n) is 5.49. The van der Waals surface area contributed by atoms with Gasteiger partial charge < -0.3 is 10.7 Å². The third-order valence-electron chi connectivity index (χ3n) is 3.15. The van der Waals surface area contributed by atoms with E-state index < -0.39 is 8.15 Å². The second kappa shape index (κ2) is 10.2. The van der Waals surface area contributed by atoms with Gasteiger partial charge in [-0.3, -0.25) is 4.79 Å². The van der Waals surface area contributed by atoms with Gasteiger partial charge in [0.1, 0.15) is 5.75 Å². The van der Waals surface area contributed by atoms with Crippen molar-refractivity contribution in [2.24, 2.45) is 5.92 Å². The van der Waals surface area contributed by atoms with Crippen molar-refractivity contribution in [3.05, 3.63) is 53.1 Å². The summed E-state index contributed by atoms with van der Waals surface area (Å²) in [5, 5.41) is 2.41. The summed E-state index contributed by atoms with van der Waals surface area (Å²) in [4.78, 5) is 11.3. The summed E-state index contributed by atoms with van der Waals surface area (Å²) >= 11 is 6.28.